The van der Waals surface area contributed by atoms with E-state index in [0.29, 0.717) is 0 Å². The van der Waals surface area contributed by atoms with Crippen LogP contribution in [0.15, 0.2) is 0 Å². The van der Waals surface area contributed by atoms with E-state index in [0.717, 1.165) is 0 Å². The molecule has 0 aromatic carbocycles. The fourth-order valence-corrected chi connectivity index (χ4v) is 0. The third kappa shape index (κ3) is 165. The quantitative estimate of drug-likeness (QED) is 0.377. The summed E-state index contributed by atoms with van der Waals surface area (Å²) in [6, 6.07) is 0. The van der Waals surface area contributed by atoms with Crippen LogP contribution in [-0.2, 0) is 42.8 Å². The van der Waals surface area contributed by atoms with E-state index in [1.807, 2.05) is 0 Å². The first-order chi connectivity index (χ1) is 1.73. The first-order valence-corrected chi connectivity index (χ1v) is 0.565. The van der Waals surface area contributed by atoms with Crippen molar-refractivity contribution < 1.29 is 53.1 Å². The molecular weight excluding hydrogens is 294 g/mol. The molecule has 0 unspecified atom stereocenters. The number of hydrogen-bond acceptors (Lipinski definition) is 2. The summed E-state index contributed by atoms with van der Waals surface area (Å²) >= 11 is 0. The van der Waals surface area contributed by atoms with Crippen molar-refractivity contribution in [2.75, 3.05) is 0 Å². The van der Waals surface area contributed by atoms with Gasteiger partial charge in [-0.3, -0.25) is 0 Å². The zero-order valence-corrected chi connectivity index (χ0v) is 7.11. The maximum absolute atomic E-state index is 8.36. The third-order valence-corrected chi connectivity index (χ3v) is 0. The molecule has 0 spiro atoms. The van der Waals surface area contributed by atoms with E-state index in [-0.39, 0.29) is 42.8 Å². The van der Waals surface area contributed by atoms with Gasteiger partial charge < -0.3 is 5.21 Å². The van der Waals surface area contributed by atoms with Gasteiger partial charge in [0.05, 0.1) is 0 Å². The monoisotopic (exact) mass is 295 g/mol. The van der Waals surface area contributed by atoms with Crippen LogP contribution < -0.4 is 0 Å². The summed E-state index contributed by atoms with van der Waals surface area (Å²) in [5.74, 6) is 0. The molecule has 0 radical (unpaired) electrons. The Kier molecular flexibility index (Phi) is 24.3. The molecule has 0 bridgehead atoms. The zero-order chi connectivity index (χ0) is 3.58. The van der Waals surface area contributed by atoms with Crippen molar-refractivity contribution in [3.05, 3.63) is 10.1 Å². The van der Waals surface area contributed by atoms with Crippen LogP contribution in [0.5, 0.6) is 0 Å². The van der Waals surface area contributed by atoms with E-state index in [9.17, 15) is 0 Å². The summed E-state index contributed by atoms with van der Waals surface area (Å²) in [6.07, 6.45) is 0. The van der Waals surface area contributed by atoms with E-state index in [4.69, 9.17) is 15.3 Å². The Morgan fingerprint density at radius 1 is 1.67 bits per heavy atom. The van der Waals surface area contributed by atoms with E-state index < -0.39 is 5.09 Å². The summed E-state index contributed by atoms with van der Waals surface area (Å²) in [7, 11) is 0. The summed E-state index contributed by atoms with van der Waals surface area (Å²) in [4.78, 5) is 8.36. The Bertz CT molecular complexity index is 33.8. The molecule has 0 aliphatic carbocycles. The molecule has 0 heterocycles. The van der Waals surface area contributed by atoms with Gasteiger partial charge in [0, 0.05) is 42.8 Å². The summed E-state index contributed by atoms with van der Waals surface area (Å²) in [6.45, 7) is 0. The van der Waals surface area contributed by atoms with Crippen molar-refractivity contribution in [2.45, 2.75) is 0 Å². The van der Waals surface area contributed by atoms with Crippen LogP contribution >= 0.6 is 0 Å². The van der Waals surface area contributed by atoms with Crippen LogP contribution in [0.1, 0.15) is 0 Å². The Morgan fingerprint density at radius 3 is 1.67 bits per heavy atom. The van der Waals surface area contributed by atoms with Gasteiger partial charge in [0.1, 0.15) is 0 Å². The molecule has 0 fully saturated rings. The van der Waals surface area contributed by atoms with Crippen LogP contribution in [0.4, 0.5) is 0 Å². The van der Waals surface area contributed by atoms with Crippen molar-refractivity contribution in [3.8, 4) is 0 Å². The molecule has 0 aliphatic rings. The number of hydrogen-bond donors (Lipinski definition) is 1. The topological polar surface area (TPSA) is 63.4 Å². The Morgan fingerprint density at radius 2 is 1.67 bits per heavy atom. The Hall–Kier alpha value is 0.603. The molecule has 0 atom stereocenters. The fourth-order valence-electron chi connectivity index (χ4n) is 0. The van der Waals surface area contributed by atoms with Gasteiger partial charge in [-0.05, 0) is 0 Å². The molecule has 0 saturated heterocycles. The van der Waals surface area contributed by atoms with Gasteiger partial charge in [0.2, 0.25) is 0 Å². The summed E-state index contributed by atoms with van der Waals surface area (Å²) in [5, 5.41) is 13.6. The first kappa shape index (κ1) is 16.0. The minimum absolute atomic E-state index is 0. The summed E-state index contributed by atoms with van der Waals surface area (Å²) in [5.41, 5.74) is 0. The van der Waals surface area contributed by atoms with Crippen LogP contribution in [0.25, 0.3) is 0 Å². The Labute approximate surface area is 63.2 Å². The van der Waals surface area contributed by atoms with Crippen LogP contribution in [0.3, 0.4) is 0 Å². The second-order valence-corrected chi connectivity index (χ2v) is 0.238. The molecular formula is HNO3TiW. The molecule has 1 N–H and O–H groups in total. The minimum Gasteiger partial charge on any atom is -0.328 e. The fraction of sp³-hybridized carbons (Fsp3) is 0. The van der Waals surface area contributed by atoms with Crippen molar-refractivity contribution in [2.24, 2.45) is 0 Å². The van der Waals surface area contributed by atoms with Crippen LogP contribution in [-0.4, -0.2) is 10.3 Å². The van der Waals surface area contributed by atoms with Crippen molar-refractivity contribution >= 4 is 0 Å². The normalized spacial score (nSPS) is 4.00. The van der Waals surface area contributed by atoms with Crippen LogP contribution in [0, 0.1) is 10.1 Å². The van der Waals surface area contributed by atoms with E-state index in [1.165, 1.54) is 0 Å². The zero-order valence-electron chi connectivity index (χ0n) is 2.62. The predicted octanol–water partition coefficient (Wildman–Crippen LogP) is -0.353. The van der Waals surface area contributed by atoms with Crippen molar-refractivity contribution in [1.29, 1.82) is 0 Å². The van der Waals surface area contributed by atoms with Gasteiger partial charge >= 0.3 is 0 Å². The SMILES string of the molecule is O=[N+]([O-])O.[Ti].[W]. The minimum atomic E-state index is -1.50. The van der Waals surface area contributed by atoms with Gasteiger partial charge in [0.25, 0.3) is 5.09 Å². The molecule has 0 rings (SSSR count). The molecule has 0 aromatic heterocycles. The van der Waals surface area contributed by atoms with E-state index in [1.54, 1.807) is 0 Å². The maximum Gasteiger partial charge on any atom is 0.291 e. The third-order valence-electron chi connectivity index (χ3n) is 0. The van der Waals surface area contributed by atoms with Gasteiger partial charge in [-0.1, -0.05) is 0 Å². The molecule has 6 heteroatoms. The standard InChI is InChI=1S/HNO3.Ti.W/c2-1(3)4;;/h(H,2,3,4);;. The first-order valence-electron chi connectivity index (χ1n) is 0.565. The average molecular weight is 295 g/mol. The maximum atomic E-state index is 8.36. The van der Waals surface area contributed by atoms with Gasteiger partial charge in [-0.25, -0.2) is 0 Å². The number of nitrogens with zero attached hydrogens (tertiary/aromatic N) is 1. The largest absolute Gasteiger partial charge is 0.328 e. The van der Waals surface area contributed by atoms with Gasteiger partial charge in [-0.2, -0.15) is 0 Å². The molecule has 0 aromatic rings. The Balaban J connectivity index is -0.0000000450. The van der Waals surface area contributed by atoms with Crippen molar-refractivity contribution in [3.63, 3.8) is 0 Å². The van der Waals surface area contributed by atoms with Crippen molar-refractivity contribution in [1.82, 2.24) is 0 Å². The number of rotatable bonds is 0. The molecule has 4 nitrogen and oxygen atoms in total. The smallest absolute Gasteiger partial charge is 0.291 e. The molecule has 0 saturated carbocycles. The second kappa shape index (κ2) is 9.14. The molecule has 0 aliphatic heterocycles. The molecule has 0 amide bonds. The second-order valence-electron chi connectivity index (χ2n) is 0.238. The summed E-state index contributed by atoms with van der Waals surface area (Å²) < 4.78 is 0. The van der Waals surface area contributed by atoms with Gasteiger partial charge in [-0.15, -0.1) is 10.1 Å². The van der Waals surface area contributed by atoms with Gasteiger partial charge in [0.15, 0.2) is 0 Å². The predicted molar refractivity (Wildman–Crippen MR) is 8.78 cm³/mol. The average Bonchev–Trinajstić information content (AvgIpc) is 0.811. The van der Waals surface area contributed by atoms with E-state index in [2.05, 4.69) is 0 Å². The molecule has 34 valence electrons. The van der Waals surface area contributed by atoms with E-state index >= 15 is 0 Å². The molecule has 6 heavy (non-hydrogen) atoms. The van der Waals surface area contributed by atoms with Crippen LogP contribution in [0.2, 0.25) is 0 Å².